The predicted molar refractivity (Wildman–Crippen MR) is 101 cm³/mol. The van der Waals surface area contributed by atoms with Gasteiger partial charge in [-0.3, -0.25) is 0 Å². The summed E-state index contributed by atoms with van der Waals surface area (Å²) in [6.45, 7) is 9.44. The maximum atomic E-state index is 2.48. The van der Waals surface area contributed by atoms with Crippen molar-refractivity contribution in [1.29, 1.82) is 0 Å². The predicted octanol–water partition coefficient (Wildman–Crippen LogP) is -0.101. The molecule has 5 heteroatoms. The number of benzene rings is 1. The first-order chi connectivity index (χ1) is 10.5. The zero-order valence-corrected chi connectivity index (χ0v) is 20.8. The van der Waals surface area contributed by atoms with Gasteiger partial charge in [0.25, 0.3) is 0 Å². The van der Waals surface area contributed by atoms with Gasteiger partial charge in [0.05, 0.1) is 0 Å². The van der Waals surface area contributed by atoms with Crippen molar-refractivity contribution in [3.05, 3.63) is 73.3 Å². The van der Waals surface area contributed by atoms with Crippen LogP contribution >= 0.6 is 11.8 Å². The summed E-state index contributed by atoms with van der Waals surface area (Å²) in [7, 11) is -1.06. The molecule has 2 aliphatic carbocycles. The van der Waals surface area contributed by atoms with Gasteiger partial charge in [-0.1, -0.05) is 83.3 Å². The van der Waals surface area contributed by atoms with E-state index in [0.717, 1.165) is 12.3 Å². The molecule has 130 valence electrons. The van der Waals surface area contributed by atoms with Crippen LogP contribution in [0.1, 0.15) is 25.0 Å². The Bertz CT molecular complexity index is 806. The monoisotopic (exact) mass is 482 g/mol. The second-order valence-electron chi connectivity index (χ2n) is 7.19. The topological polar surface area (TPSA) is 0 Å². The molecule has 1 aromatic carbocycles. The summed E-state index contributed by atoms with van der Waals surface area (Å²) in [5, 5.41) is 3.60. The minimum Gasteiger partial charge on any atom is -1.00 e. The zero-order chi connectivity index (χ0) is 15.5. The van der Waals surface area contributed by atoms with Gasteiger partial charge in [0.1, 0.15) is 8.07 Å². The largest absolute Gasteiger partial charge is 2.00 e. The van der Waals surface area contributed by atoms with Gasteiger partial charge >= 0.3 is 26.2 Å². The van der Waals surface area contributed by atoms with E-state index in [1.54, 1.807) is 15.0 Å². The Morgan fingerprint density at radius 2 is 1.72 bits per heavy atom. The molecule has 0 aromatic heterocycles. The van der Waals surface area contributed by atoms with Crippen LogP contribution in [0.3, 0.4) is 0 Å². The summed E-state index contributed by atoms with van der Waals surface area (Å²) >= 11 is 2.01. The fourth-order valence-electron chi connectivity index (χ4n) is 4.24. The third kappa shape index (κ3) is 3.78. The molecule has 1 unspecified atom stereocenters. The Labute approximate surface area is 188 Å². The summed E-state index contributed by atoms with van der Waals surface area (Å²) in [6.07, 6.45) is 8.13. The van der Waals surface area contributed by atoms with Crippen LogP contribution in [0.15, 0.2) is 62.2 Å². The molecule has 4 aliphatic rings. The molecule has 25 heavy (non-hydrogen) atoms. The van der Waals surface area contributed by atoms with Crippen LogP contribution < -0.4 is 24.8 Å². The average molecular weight is 485 g/mol. The molecule has 1 aromatic rings. The maximum absolute atomic E-state index is 2.48. The van der Waals surface area contributed by atoms with Crippen LogP contribution in [0, 0.1) is 5.92 Å². The molecule has 2 heterocycles. The minimum absolute atomic E-state index is 0. The van der Waals surface area contributed by atoms with Crippen molar-refractivity contribution in [2.75, 3.05) is 0 Å². The summed E-state index contributed by atoms with van der Waals surface area (Å²) in [5.41, 5.74) is 4.35. The Balaban J connectivity index is 0.000000226. The van der Waals surface area contributed by atoms with Gasteiger partial charge in [-0.15, -0.1) is 0 Å². The van der Waals surface area contributed by atoms with Crippen molar-refractivity contribution in [1.82, 2.24) is 0 Å². The summed E-state index contributed by atoms with van der Waals surface area (Å²) in [6, 6.07) is 8.56. The first kappa shape index (κ1) is 23.2. The minimum atomic E-state index is -1.06. The zero-order valence-electron chi connectivity index (χ0n) is 15.0. The number of thioether (sulfide) groups is 1. The summed E-state index contributed by atoms with van der Waals surface area (Å²) in [4.78, 5) is 3.21. The smallest absolute Gasteiger partial charge is 1.00 e. The number of halogens is 2. The first-order valence-corrected chi connectivity index (χ1v) is 11.9. The van der Waals surface area contributed by atoms with Gasteiger partial charge in [0.15, 0.2) is 0 Å². The molecular formula is C20H22Cl2SSiZr. The van der Waals surface area contributed by atoms with Crippen molar-refractivity contribution in [2.45, 2.75) is 33.4 Å². The molecule has 0 saturated carbocycles. The molecule has 1 saturated heterocycles. The van der Waals surface area contributed by atoms with Crippen molar-refractivity contribution >= 4 is 25.9 Å². The van der Waals surface area contributed by atoms with E-state index in [4.69, 9.17) is 0 Å². The number of fused-ring (bicyclic) bond motifs is 1. The molecule has 0 spiro atoms. The van der Waals surface area contributed by atoms with Gasteiger partial charge in [0, 0.05) is 5.92 Å². The van der Waals surface area contributed by atoms with E-state index in [1.807, 2.05) is 17.0 Å². The van der Waals surface area contributed by atoms with Crippen LogP contribution in [0.2, 0.25) is 13.1 Å². The number of hydrogen-bond donors (Lipinski definition) is 0. The number of hydrogen-bond acceptors (Lipinski definition) is 1. The first-order valence-electron chi connectivity index (χ1n) is 8.05. The molecule has 0 nitrogen and oxygen atoms in total. The van der Waals surface area contributed by atoms with E-state index in [-0.39, 0.29) is 51.0 Å². The van der Waals surface area contributed by atoms with Gasteiger partial charge in [0.2, 0.25) is 0 Å². The van der Waals surface area contributed by atoms with Crippen molar-refractivity contribution in [2.24, 2.45) is 5.92 Å². The van der Waals surface area contributed by atoms with E-state index in [9.17, 15) is 0 Å². The van der Waals surface area contributed by atoms with Crippen LogP contribution in [-0.2, 0) is 32.6 Å². The normalized spacial score (nSPS) is 22.4. The Morgan fingerprint density at radius 3 is 2.40 bits per heavy atom. The van der Waals surface area contributed by atoms with E-state index < -0.39 is 8.07 Å². The van der Waals surface area contributed by atoms with Crippen molar-refractivity contribution < 1.29 is 51.0 Å². The van der Waals surface area contributed by atoms with E-state index in [1.165, 1.54) is 16.7 Å². The molecule has 0 radical (unpaired) electrons. The fraction of sp³-hybridized carbons (Fsp3) is 0.300. The van der Waals surface area contributed by atoms with Gasteiger partial charge < -0.3 is 24.8 Å². The molecule has 2 aliphatic heterocycles. The molecule has 1 fully saturated rings. The molecule has 1 atom stereocenters. The van der Waals surface area contributed by atoms with Crippen LogP contribution in [0.25, 0.3) is 6.08 Å². The van der Waals surface area contributed by atoms with E-state index >= 15 is 0 Å². The van der Waals surface area contributed by atoms with Crippen LogP contribution in [0.5, 0.6) is 0 Å². The average Bonchev–Trinajstić information content (AvgIpc) is 3.07. The Kier molecular flexibility index (Phi) is 7.89. The quantitative estimate of drug-likeness (QED) is 0.464. The van der Waals surface area contributed by atoms with Crippen molar-refractivity contribution in [3.63, 3.8) is 0 Å². The molecule has 5 rings (SSSR count). The SMILES string of the molecule is CC1=C2C3C(=CC=C3[Si]2(C)C)S1.CC1=Cc2ccccc2C1.[Cl-].[Cl-].[Zr+2]. The fourth-order valence-corrected chi connectivity index (χ4v) is 9.97. The molecule has 0 bridgehead atoms. The van der Waals surface area contributed by atoms with Crippen molar-refractivity contribution in [3.8, 4) is 0 Å². The van der Waals surface area contributed by atoms with Crippen LogP contribution in [-0.4, -0.2) is 8.07 Å². The Hall–Kier alpha value is 0.210. The van der Waals surface area contributed by atoms with Gasteiger partial charge in [-0.25, -0.2) is 0 Å². The second kappa shape index (κ2) is 8.48. The third-order valence-corrected chi connectivity index (χ3v) is 10.5. The number of rotatable bonds is 0. The molecule has 0 N–H and O–H groups in total. The van der Waals surface area contributed by atoms with Gasteiger partial charge in [-0.05, 0) is 41.2 Å². The second-order valence-corrected chi connectivity index (χ2v) is 12.8. The van der Waals surface area contributed by atoms with E-state index in [2.05, 4.69) is 69.4 Å². The Morgan fingerprint density at radius 1 is 1.04 bits per heavy atom. The molecular weight excluding hydrogens is 463 g/mol. The molecule has 0 amide bonds. The third-order valence-electron chi connectivity index (χ3n) is 5.28. The summed E-state index contributed by atoms with van der Waals surface area (Å²) in [5.74, 6) is 0.789. The standard InChI is InChI=1S/C10H12SSi.C10H10.2ClH.Zr/c1-6-10-9-7(11-6)4-5-8(9)12(10,2)3;1-8-6-9-4-2-3-5-10(9)7-8;;;/h4-5,9H,1-3H3;2-6H,7H2,1H3;2*1H;/q;;;;+2/p-2. The maximum Gasteiger partial charge on any atom is 2.00 e. The van der Waals surface area contributed by atoms with Crippen LogP contribution in [0.4, 0.5) is 0 Å². The summed E-state index contributed by atoms with van der Waals surface area (Å²) < 4.78 is 0. The number of allylic oxidation sites excluding steroid dienone is 7. The van der Waals surface area contributed by atoms with E-state index in [0.29, 0.717) is 0 Å². The van der Waals surface area contributed by atoms with Gasteiger partial charge in [-0.2, -0.15) is 0 Å².